The number of carbonyl (C=O) groups excluding carboxylic acids is 1. The first kappa shape index (κ1) is 27.1. The average molecular weight is 524 g/mol. The van der Waals surface area contributed by atoms with Gasteiger partial charge in [0.05, 0.1) is 10.7 Å². The minimum atomic E-state index is -1.12. The molecule has 1 aromatic carbocycles. The van der Waals surface area contributed by atoms with Gasteiger partial charge < -0.3 is 19.9 Å². The van der Waals surface area contributed by atoms with Crippen LogP contribution in [0, 0.1) is 11.7 Å². The van der Waals surface area contributed by atoms with Crippen molar-refractivity contribution in [3.63, 3.8) is 0 Å². The molecule has 0 radical (unpaired) electrons. The normalized spacial score (nSPS) is 20.2. The third kappa shape index (κ3) is 8.01. The summed E-state index contributed by atoms with van der Waals surface area (Å²) in [5.41, 5.74) is 0.0987. The number of rotatable bonds is 8. The predicted octanol–water partition coefficient (Wildman–Crippen LogP) is 4.89. The minimum absolute atomic E-state index is 0.0165. The molecule has 2 aromatic rings. The van der Waals surface area contributed by atoms with Crippen LogP contribution in [0.2, 0.25) is 0 Å². The molecule has 2 heterocycles. The van der Waals surface area contributed by atoms with Crippen LogP contribution in [0.25, 0.3) is 0 Å². The van der Waals surface area contributed by atoms with Crippen LogP contribution in [0.3, 0.4) is 0 Å². The largest absolute Gasteiger partial charge is 0.480 e. The van der Waals surface area contributed by atoms with E-state index in [4.69, 9.17) is 22.1 Å². The van der Waals surface area contributed by atoms with Gasteiger partial charge in [0.25, 0.3) is 0 Å². The molecular formula is C24H30FN3O5S2. The van der Waals surface area contributed by atoms with Crippen molar-refractivity contribution in [2.24, 2.45) is 5.92 Å². The maximum atomic E-state index is 13.1. The van der Waals surface area contributed by atoms with Gasteiger partial charge in [0, 0.05) is 18.8 Å². The van der Waals surface area contributed by atoms with Crippen molar-refractivity contribution >= 4 is 37.3 Å². The van der Waals surface area contributed by atoms with Crippen LogP contribution in [0.1, 0.15) is 44.6 Å². The number of aromatic nitrogens is 1. The van der Waals surface area contributed by atoms with Crippen LogP contribution in [-0.2, 0) is 9.53 Å². The number of carbonyl (C=O) groups is 2. The highest BCUT2D eigenvalue weighted by Gasteiger charge is 2.37. The number of pyridine rings is 1. The second kappa shape index (κ2) is 11.5. The summed E-state index contributed by atoms with van der Waals surface area (Å²) in [4.78, 5) is 30.1. The fourth-order valence-electron chi connectivity index (χ4n) is 3.79. The number of halogens is 1. The van der Waals surface area contributed by atoms with Gasteiger partial charge in [-0.25, -0.2) is 19.0 Å². The van der Waals surface area contributed by atoms with Crippen LogP contribution in [0.4, 0.5) is 9.18 Å². The maximum Gasteiger partial charge on any atom is 0.408 e. The van der Waals surface area contributed by atoms with E-state index in [1.54, 1.807) is 33.0 Å². The summed E-state index contributed by atoms with van der Waals surface area (Å²) in [5.74, 6) is -0.648. The summed E-state index contributed by atoms with van der Waals surface area (Å²) in [6, 6.07) is 8.12. The molecule has 0 aliphatic carbocycles. The molecule has 1 aliphatic rings. The monoisotopic (exact) mass is 523 g/mol. The van der Waals surface area contributed by atoms with Gasteiger partial charge in [-0.2, -0.15) is 25.3 Å². The number of ether oxygens (including phenoxy) is 2. The van der Waals surface area contributed by atoms with E-state index in [1.807, 2.05) is 11.0 Å². The Labute approximate surface area is 215 Å². The lowest BCUT2D eigenvalue weighted by Crippen LogP contribution is -2.44. The summed E-state index contributed by atoms with van der Waals surface area (Å²) < 4.78 is 23.9. The molecule has 2 N–H and O–H groups in total. The zero-order chi connectivity index (χ0) is 25.8. The lowest BCUT2D eigenvalue weighted by Gasteiger charge is -2.27. The molecular weight excluding hydrogens is 493 g/mol. The third-order valence-corrected chi connectivity index (χ3v) is 6.46. The van der Waals surface area contributed by atoms with Gasteiger partial charge in [0.2, 0.25) is 5.88 Å². The number of nitrogens with zero attached hydrogens (tertiary/aromatic N) is 2. The second-order valence-corrected chi connectivity index (χ2v) is 10.5. The van der Waals surface area contributed by atoms with E-state index in [-0.39, 0.29) is 28.9 Å². The fourth-order valence-corrected chi connectivity index (χ4v) is 4.82. The number of nitrogens with one attached hydrogen (secondary N) is 1. The van der Waals surface area contributed by atoms with E-state index in [0.29, 0.717) is 24.6 Å². The lowest BCUT2D eigenvalue weighted by atomic mass is 9.99. The molecule has 1 aliphatic heterocycles. The van der Waals surface area contributed by atoms with Gasteiger partial charge in [-0.15, -0.1) is 0 Å². The van der Waals surface area contributed by atoms with Gasteiger partial charge in [-0.05, 0) is 75.4 Å². The van der Waals surface area contributed by atoms with Crippen LogP contribution in [-0.4, -0.2) is 50.6 Å². The predicted molar refractivity (Wildman–Crippen MR) is 135 cm³/mol. The second-order valence-electron chi connectivity index (χ2n) is 9.41. The molecule has 1 saturated heterocycles. The quantitative estimate of drug-likeness (QED) is 0.366. The minimum Gasteiger partial charge on any atom is -0.480 e. The van der Waals surface area contributed by atoms with Crippen LogP contribution >= 0.6 is 25.3 Å². The number of carboxylic acids is 1. The maximum absolute atomic E-state index is 13.1. The van der Waals surface area contributed by atoms with E-state index in [2.05, 4.69) is 22.9 Å². The number of aliphatic carboxylic acids is 1. The van der Waals surface area contributed by atoms with E-state index >= 15 is 0 Å². The van der Waals surface area contributed by atoms with Gasteiger partial charge in [0.15, 0.2) is 0 Å². The first-order valence-corrected chi connectivity index (χ1v) is 12.2. The molecule has 35 heavy (non-hydrogen) atoms. The summed E-state index contributed by atoms with van der Waals surface area (Å²) in [7, 11) is 0. The summed E-state index contributed by atoms with van der Waals surface area (Å²) in [6.45, 7) is 5.69. The molecule has 4 atom stereocenters. The average Bonchev–Trinajstić information content (AvgIpc) is 3.13. The fraction of sp³-hybridized carbons (Fsp3) is 0.458. The van der Waals surface area contributed by atoms with Gasteiger partial charge in [0.1, 0.15) is 23.2 Å². The summed E-state index contributed by atoms with van der Waals surface area (Å²) in [6.07, 6.45) is 1.77. The van der Waals surface area contributed by atoms with Crippen LogP contribution in [0.15, 0.2) is 42.6 Å². The number of amides is 1. The summed E-state index contributed by atoms with van der Waals surface area (Å²) >= 11 is 9.41. The zero-order valence-electron chi connectivity index (χ0n) is 19.7. The smallest absolute Gasteiger partial charge is 0.408 e. The molecule has 0 spiro atoms. The van der Waals surface area contributed by atoms with Crippen molar-refractivity contribution < 1.29 is 28.6 Å². The topological polar surface area (TPSA) is 101 Å². The molecule has 0 bridgehead atoms. The van der Waals surface area contributed by atoms with Crippen LogP contribution in [0.5, 0.6) is 11.6 Å². The highest BCUT2D eigenvalue weighted by atomic mass is 32.1. The van der Waals surface area contributed by atoms with Crippen molar-refractivity contribution in [3.8, 4) is 11.6 Å². The Kier molecular flexibility index (Phi) is 8.89. The van der Waals surface area contributed by atoms with Crippen molar-refractivity contribution in [1.82, 2.24) is 15.2 Å². The SMILES string of the molecule is CC(C)(C)OC(=O)N[C@H](C[C@@H]1CC(S)N(C(S)c2ccc(Oc3ccc(F)cc3)nc2)C1)C(=O)O. The van der Waals surface area contributed by atoms with E-state index in [0.717, 1.165) is 5.56 Å². The molecule has 1 amide bonds. The Morgan fingerprint density at radius 3 is 2.51 bits per heavy atom. The number of thiol groups is 2. The lowest BCUT2D eigenvalue weighted by molar-refractivity contribution is -0.140. The van der Waals surface area contributed by atoms with E-state index < -0.39 is 23.7 Å². The first-order valence-electron chi connectivity index (χ1n) is 11.1. The standard InChI is InChI=1S/C24H30FN3O5S2/c1-24(2,3)33-23(31)27-18(22(29)30)10-14-11-20(34)28(13-14)21(35)15-4-9-19(26-12-15)32-17-7-5-16(25)6-8-17/h4-9,12,14,18,20-21,34-35H,10-11,13H2,1-3H3,(H,27,31)(H,29,30)/t14-,18-,20?,21?/m1/s1. The molecule has 1 aromatic heterocycles. The van der Waals surface area contributed by atoms with Crippen molar-refractivity contribution in [1.29, 1.82) is 0 Å². The number of benzene rings is 1. The highest BCUT2D eigenvalue weighted by molar-refractivity contribution is 7.81. The first-order chi connectivity index (χ1) is 16.4. The van der Waals surface area contributed by atoms with E-state index in [1.165, 1.54) is 24.3 Å². The molecule has 11 heteroatoms. The number of hydrogen-bond donors (Lipinski definition) is 4. The highest BCUT2D eigenvalue weighted by Crippen LogP contribution is 2.38. The Bertz CT molecular complexity index is 1020. The molecule has 190 valence electrons. The Morgan fingerprint density at radius 1 is 1.26 bits per heavy atom. The van der Waals surface area contributed by atoms with Crippen LogP contribution < -0.4 is 10.1 Å². The number of hydrogen-bond acceptors (Lipinski definition) is 8. The van der Waals surface area contributed by atoms with Gasteiger partial charge in [-0.1, -0.05) is 0 Å². The van der Waals surface area contributed by atoms with E-state index in [9.17, 15) is 19.1 Å². The van der Waals surface area contributed by atoms with Crippen molar-refractivity contribution in [3.05, 3.63) is 54.0 Å². The zero-order valence-corrected chi connectivity index (χ0v) is 21.5. The number of carboxylic acid groups (broad SMARTS) is 1. The van der Waals surface area contributed by atoms with Crippen molar-refractivity contribution in [2.75, 3.05) is 6.54 Å². The van der Waals surface area contributed by atoms with Gasteiger partial charge >= 0.3 is 12.1 Å². The molecule has 3 rings (SSSR count). The molecule has 1 fully saturated rings. The summed E-state index contributed by atoms with van der Waals surface area (Å²) in [5, 5.41) is 11.6. The molecule has 8 nitrogen and oxygen atoms in total. The Balaban J connectivity index is 1.58. The number of alkyl carbamates (subject to hydrolysis) is 1. The number of likely N-dealkylation sites (tertiary alicyclic amines) is 1. The third-order valence-electron chi connectivity index (χ3n) is 5.36. The Hall–Kier alpha value is -2.50. The van der Waals surface area contributed by atoms with Crippen molar-refractivity contribution in [2.45, 2.75) is 56.0 Å². The molecule has 2 unspecified atom stereocenters. The Morgan fingerprint density at radius 2 is 1.94 bits per heavy atom. The molecule has 0 saturated carbocycles. The van der Waals surface area contributed by atoms with Gasteiger partial charge in [-0.3, -0.25) is 4.90 Å².